The molecule has 0 unspecified atom stereocenters. The van der Waals surface area contributed by atoms with Gasteiger partial charge in [0.25, 0.3) is 0 Å². The molecule has 1 fully saturated rings. The van der Waals surface area contributed by atoms with E-state index in [1.54, 1.807) is 12.1 Å². The van der Waals surface area contributed by atoms with Crippen LogP contribution in [0.5, 0.6) is 0 Å². The zero-order valence-electron chi connectivity index (χ0n) is 14.1. The van der Waals surface area contributed by atoms with Crippen molar-refractivity contribution in [2.75, 3.05) is 19.3 Å². The third-order valence-corrected chi connectivity index (χ3v) is 7.96. The van der Waals surface area contributed by atoms with Crippen LogP contribution >= 0.6 is 0 Å². The minimum absolute atomic E-state index is 0.0316. The lowest BCUT2D eigenvalue weighted by Gasteiger charge is -2.30. The second-order valence-corrected chi connectivity index (χ2v) is 11.5. The first-order valence-corrected chi connectivity index (χ1v) is 11.1. The third-order valence-electron chi connectivity index (χ3n) is 4.36. The largest absolute Gasteiger partial charge is 0.243 e. The van der Waals surface area contributed by atoms with Crippen LogP contribution in [-0.4, -0.2) is 45.7 Å². The van der Waals surface area contributed by atoms with Gasteiger partial charge in [-0.1, -0.05) is 32.9 Å². The predicted molar refractivity (Wildman–Crippen MR) is 91.8 cm³/mol. The molecule has 1 aromatic carbocycles. The molecule has 2 rings (SSSR count). The fourth-order valence-electron chi connectivity index (χ4n) is 2.78. The molecule has 1 aliphatic rings. The molecule has 0 aliphatic carbocycles. The maximum atomic E-state index is 12.7. The number of rotatable bonds is 3. The normalized spacial score (nSPS) is 19.0. The molecule has 0 atom stereocenters. The van der Waals surface area contributed by atoms with Gasteiger partial charge in [-0.3, -0.25) is 0 Å². The Balaban J connectivity index is 2.17. The van der Waals surface area contributed by atoms with E-state index in [4.69, 9.17) is 0 Å². The van der Waals surface area contributed by atoms with Crippen molar-refractivity contribution in [3.05, 3.63) is 29.8 Å². The minimum atomic E-state index is -3.55. The molecule has 1 aliphatic heterocycles. The highest BCUT2D eigenvalue weighted by atomic mass is 32.2. The van der Waals surface area contributed by atoms with Crippen LogP contribution in [-0.2, 0) is 25.3 Å². The van der Waals surface area contributed by atoms with Crippen LogP contribution in [0.2, 0.25) is 0 Å². The number of hydrogen-bond donors (Lipinski definition) is 0. The number of sulfone groups is 1. The fourth-order valence-corrected chi connectivity index (χ4v) is 5.31. The van der Waals surface area contributed by atoms with Crippen molar-refractivity contribution in [1.82, 2.24) is 4.31 Å². The molecule has 0 radical (unpaired) electrons. The number of hydrogen-bond acceptors (Lipinski definition) is 4. The molecule has 1 aromatic rings. The molecule has 0 aromatic heterocycles. The summed E-state index contributed by atoms with van der Waals surface area (Å²) in [5.74, 6) is 0. The molecule has 23 heavy (non-hydrogen) atoms. The van der Waals surface area contributed by atoms with Gasteiger partial charge in [0.2, 0.25) is 10.0 Å². The topological polar surface area (TPSA) is 71.5 Å². The van der Waals surface area contributed by atoms with Crippen molar-refractivity contribution < 1.29 is 16.8 Å². The Bertz CT molecular complexity index is 751. The summed E-state index contributed by atoms with van der Waals surface area (Å²) in [5, 5.41) is -0.433. The average Bonchev–Trinajstić information content (AvgIpc) is 2.46. The summed E-state index contributed by atoms with van der Waals surface area (Å²) in [7, 11) is -6.66. The molecule has 0 spiro atoms. The first-order valence-electron chi connectivity index (χ1n) is 7.72. The fraction of sp³-hybridized carbons (Fsp3) is 0.625. The van der Waals surface area contributed by atoms with Gasteiger partial charge in [0.05, 0.1) is 10.1 Å². The zero-order valence-corrected chi connectivity index (χ0v) is 15.7. The van der Waals surface area contributed by atoms with Gasteiger partial charge >= 0.3 is 0 Å². The molecule has 130 valence electrons. The van der Waals surface area contributed by atoms with Gasteiger partial charge in [0.15, 0.2) is 0 Å². The van der Waals surface area contributed by atoms with E-state index in [-0.39, 0.29) is 23.4 Å². The quantitative estimate of drug-likeness (QED) is 0.829. The van der Waals surface area contributed by atoms with E-state index in [1.807, 2.05) is 12.1 Å². The van der Waals surface area contributed by atoms with E-state index >= 15 is 0 Å². The van der Waals surface area contributed by atoms with Crippen LogP contribution in [0.15, 0.2) is 29.2 Å². The highest BCUT2D eigenvalue weighted by Gasteiger charge is 2.33. The van der Waals surface area contributed by atoms with Crippen molar-refractivity contribution in [3.8, 4) is 0 Å². The van der Waals surface area contributed by atoms with Crippen molar-refractivity contribution in [3.63, 3.8) is 0 Å². The van der Waals surface area contributed by atoms with E-state index < -0.39 is 25.1 Å². The molecule has 0 bridgehead atoms. The molecule has 7 heteroatoms. The first-order chi connectivity index (χ1) is 10.4. The highest BCUT2D eigenvalue weighted by molar-refractivity contribution is 7.91. The summed E-state index contributed by atoms with van der Waals surface area (Å²) in [5.41, 5.74) is 1.04. The molecule has 0 saturated carbocycles. The minimum Gasteiger partial charge on any atom is -0.229 e. The lowest BCUT2D eigenvalue weighted by molar-refractivity contribution is 0.346. The Morgan fingerprint density at radius 2 is 1.43 bits per heavy atom. The Hall–Kier alpha value is -0.920. The Kier molecular flexibility index (Phi) is 4.95. The van der Waals surface area contributed by atoms with Gasteiger partial charge in [-0.15, -0.1) is 0 Å². The van der Waals surface area contributed by atoms with Crippen LogP contribution in [0.3, 0.4) is 0 Å². The lowest BCUT2D eigenvalue weighted by Crippen LogP contribution is -2.42. The maximum Gasteiger partial charge on any atom is 0.243 e. The van der Waals surface area contributed by atoms with Gasteiger partial charge in [-0.25, -0.2) is 16.8 Å². The van der Waals surface area contributed by atoms with Crippen LogP contribution in [0, 0.1) is 0 Å². The van der Waals surface area contributed by atoms with Crippen LogP contribution in [0.1, 0.15) is 39.2 Å². The summed E-state index contributed by atoms with van der Waals surface area (Å²) >= 11 is 0. The van der Waals surface area contributed by atoms with E-state index in [0.717, 1.165) is 5.56 Å². The highest BCUT2D eigenvalue weighted by Crippen LogP contribution is 2.26. The Labute approximate surface area is 139 Å². The number of benzene rings is 1. The number of nitrogens with zero attached hydrogens (tertiary/aromatic N) is 1. The monoisotopic (exact) mass is 359 g/mol. The Morgan fingerprint density at radius 1 is 0.957 bits per heavy atom. The number of piperidine rings is 1. The second kappa shape index (κ2) is 6.18. The summed E-state index contributed by atoms with van der Waals surface area (Å²) in [6.45, 7) is 6.73. The van der Waals surface area contributed by atoms with Crippen molar-refractivity contribution >= 4 is 19.9 Å². The molecular formula is C16H25NO4S2. The number of sulfonamides is 1. The summed E-state index contributed by atoms with van der Waals surface area (Å²) in [6, 6.07) is 6.96. The summed E-state index contributed by atoms with van der Waals surface area (Å²) < 4.78 is 49.9. The second-order valence-electron chi connectivity index (χ2n) is 7.21. The van der Waals surface area contributed by atoms with Crippen LogP contribution in [0.4, 0.5) is 0 Å². The third kappa shape index (κ3) is 4.14. The van der Waals surface area contributed by atoms with E-state index in [2.05, 4.69) is 20.8 Å². The molecule has 1 heterocycles. The zero-order chi connectivity index (χ0) is 17.5. The molecule has 5 nitrogen and oxygen atoms in total. The SMILES string of the molecule is CC(C)(C)c1ccc(S(=O)(=O)N2CCC(S(C)(=O)=O)CC2)cc1. The molecule has 0 N–H and O–H groups in total. The van der Waals surface area contributed by atoms with Gasteiger partial charge in [-0.2, -0.15) is 4.31 Å². The average molecular weight is 360 g/mol. The van der Waals surface area contributed by atoms with Gasteiger partial charge < -0.3 is 0 Å². The summed E-state index contributed by atoms with van der Waals surface area (Å²) in [4.78, 5) is 0.267. The van der Waals surface area contributed by atoms with E-state index in [0.29, 0.717) is 12.8 Å². The Morgan fingerprint density at radius 3 is 1.83 bits per heavy atom. The smallest absolute Gasteiger partial charge is 0.229 e. The van der Waals surface area contributed by atoms with Crippen LogP contribution in [0.25, 0.3) is 0 Å². The van der Waals surface area contributed by atoms with Crippen molar-refractivity contribution in [2.45, 2.75) is 49.2 Å². The summed E-state index contributed by atoms with van der Waals surface area (Å²) in [6.07, 6.45) is 1.93. The van der Waals surface area contributed by atoms with Gasteiger partial charge in [-0.05, 0) is 36.0 Å². The van der Waals surface area contributed by atoms with Crippen LogP contribution < -0.4 is 0 Å². The lowest BCUT2D eigenvalue weighted by atomic mass is 9.87. The molecular weight excluding hydrogens is 334 g/mol. The standard InChI is InChI=1S/C16H25NO4S2/c1-16(2,3)13-5-7-15(8-6-13)23(20,21)17-11-9-14(10-12-17)22(4,18)19/h5-8,14H,9-12H2,1-4H3. The predicted octanol–water partition coefficient (Wildman–Crippen LogP) is 2.18. The van der Waals surface area contributed by atoms with Crippen molar-refractivity contribution in [2.24, 2.45) is 0 Å². The van der Waals surface area contributed by atoms with Crippen molar-refractivity contribution in [1.29, 1.82) is 0 Å². The van der Waals surface area contributed by atoms with E-state index in [1.165, 1.54) is 10.6 Å². The molecule has 0 amide bonds. The van der Waals surface area contributed by atoms with Gasteiger partial charge in [0, 0.05) is 19.3 Å². The molecule has 1 saturated heterocycles. The van der Waals surface area contributed by atoms with E-state index in [9.17, 15) is 16.8 Å². The first kappa shape index (κ1) is 18.4. The van der Waals surface area contributed by atoms with Gasteiger partial charge in [0.1, 0.15) is 9.84 Å². The maximum absolute atomic E-state index is 12.7.